The van der Waals surface area contributed by atoms with E-state index in [1.54, 1.807) is 0 Å². The summed E-state index contributed by atoms with van der Waals surface area (Å²) in [6, 6.07) is 0. The Kier molecular flexibility index (Phi) is 7.80. The van der Waals surface area contributed by atoms with Gasteiger partial charge in [-0.15, -0.1) is 0 Å². The number of fused-ring (bicyclic) bond motifs is 1. The van der Waals surface area contributed by atoms with Crippen LogP contribution < -0.4 is 0 Å². The normalized spacial score (nSPS) is 14.9. The Bertz CT molecular complexity index is 801. The Hall–Kier alpha value is -2.40. The number of carboxylic acids is 1. The smallest absolute Gasteiger partial charge is 0.475 e. The Morgan fingerprint density at radius 3 is 2.59 bits per heavy atom. The minimum absolute atomic E-state index is 0.231. The highest BCUT2D eigenvalue weighted by Crippen LogP contribution is 2.19. The highest BCUT2D eigenvalue weighted by Gasteiger charge is 2.38. The number of ether oxygens (including phenoxy) is 1. The summed E-state index contributed by atoms with van der Waals surface area (Å²) in [5.41, 5.74) is 3.63. The Labute approximate surface area is 166 Å². The van der Waals surface area contributed by atoms with E-state index in [4.69, 9.17) is 14.6 Å². The first-order chi connectivity index (χ1) is 13.6. The number of carbonyl (C=O) groups is 1. The number of aryl methyl sites for hydroxylation is 2. The van der Waals surface area contributed by atoms with Crippen molar-refractivity contribution in [2.24, 2.45) is 7.05 Å². The van der Waals surface area contributed by atoms with Gasteiger partial charge in [0.15, 0.2) is 0 Å². The van der Waals surface area contributed by atoms with Gasteiger partial charge >= 0.3 is 12.1 Å². The molecule has 8 nitrogen and oxygen atoms in total. The zero-order chi connectivity index (χ0) is 21.6. The first kappa shape index (κ1) is 22.9. The van der Waals surface area contributed by atoms with Gasteiger partial charge in [0.05, 0.1) is 36.6 Å². The topological polar surface area (TPSA) is 85.4 Å². The molecular formula is C18H26F3N5O3. The number of imidazole rings is 1. The van der Waals surface area contributed by atoms with Gasteiger partial charge in [-0.25, -0.2) is 9.78 Å². The maximum Gasteiger partial charge on any atom is 0.490 e. The third-order valence-corrected chi connectivity index (χ3v) is 4.24. The van der Waals surface area contributed by atoms with Crippen molar-refractivity contribution >= 4 is 5.97 Å². The van der Waals surface area contributed by atoms with Gasteiger partial charge in [-0.2, -0.15) is 18.3 Å². The van der Waals surface area contributed by atoms with Crippen LogP contribution in [0.4, 0.5) is 13.2 Å². The van der Waals surface area contributed by atoms with E-state index in [2.05, 4.69) is 39.6 Å². The molecule has 162 valence electrons. The van der Waals surface area contributed by atoms with Gasteiger partial charge in [-0.3, -0.25) is 9.58 Å². The summed E-state index contributed by atoms with van der Waals surface area (Å²) in [6.45, 7) is 8.71. The number of aliphatic carboxylic acids is 1. The van der Waals surface area contributed by atoms with Gasteiger partial charge in [-0.05, 0) is 20.3 Å². The minimum Gasteiger partial charge on any atom is -0.475 e. The van der Waals surface area contributed by atoms with Crippen LogP contribution in [0.2, 0.25) is 0 Å². The van der Waals surface area contributed by atoms with Crippen molar-refractivity contribution in [2.45, 2.75) is 58.8 Å². The lowest BCUT2D eigenvalue weighted by molar-refractivity contribution is -0.192. The molecule has 0 fully saturated rings. The third kappa shape index (κ3) is 7.17. The van der Waals surface area contributed by atoms with Crippen molar-refractivity contribution in [3.8, 4) is 0 Å². The summed E-state index contributed by atoms with van der Waals surface area (Å²) in [7, 11) is 1.96. The fourth-order valence-electron chi connectivity index (χ4n) is 2.89. The lowest BCUT2D eigenvalue weighted by atomic mass is 10.2. The van der Waals surface area contributed by atoms with Crippen LogP contribution in [0.15, 0.2) is 18.7 Å². The zero-order valence-corrected chi connectivity index (χ0v) is 16.7. The fourth-order valence-corrected chi connectivity index (χ4v) is 2.89. The quantitative estimate of drug-likeness (QED) is 0.805. The van der Waals surface area contributed by atoms with Crippen LogP contribution in [0.3, 0.4) is 0 Å². The molecule has 2 aromatic rings. The summed E-state index contributed by atoms with van der Waals surface area (Å²) in [5.74, 6) is -2.76. The van der Waals surface area contributed by atoms with Crippen LogP contribution in [-0.4, -0.2) is 54.1 Å². The van der Waals surface area contributed by atoms with Crippen LogP contribution in [0, 0.1) is 0 Å². The van der Waals surface area contributed by atoms with Crippen molar-refractivity contribution < 1.29 is 27.8 Å². The average molecular weight is 417 g/mol. The Morgan fingerprint density at radius 2 is 2.03 bits per heavy atom. The SMILES string of the molecule is CC(C)OCc1ncn2c1CN(Cc1cnn(C)c1)CCC2.O=C(O)C(F)(F)F. The summed E-state index contributed by atoms with van der Waals surface area (Å²) < 4.78 is 41.6. The lowest BCUT2D eigenvalue weighted by Gasteiger charge is -2.19. The van der Waals surface area contributed by atoms with Crippen LogP contribution in [0.5, 0.6) is 0 Å². The van der Waals surface area contributed by atoms with Crippen LogP contribution in [-0.2, 0) is 42.8 Å². The van der Waals surface area contributed by atoms with E-state index in [1.807, 2.05) is 24.3 Å². The fraction of sp³-hybridized carbons (Fsp3) is 0.611. The van der Waals surface area contributed by atoms with E-state index in [0.717, 1.165) is 38.3 Å². The molecule has 0 spiro atoms. The first-order valence-electron chi connectivity index (χ1n) is 9.20. The Balaban J connectivity index is 0.000000370. The van der Waals surface area contributed by atoms with E-state index in [-0.39, 0.29) is 6.10 Å². The summed E-state index contributed by atoms with van der Waals surface area (Å²) in [5, 5.41) is 11.4. The van der Waals surface area contributed by atoms with Gasteiger partial charge in [0, 0.05) is 45.0 Å². The summed E-state index contributed by atoms with van der Waals surface area (Å²) in [6.07, 6.45) is 2.29. The van der Waals surface area contributed by atoms with Gasteiger partial charge in [0.25, 0.3) is 0 Å². The largest absolute Gasteiger partial charge is 0.490 e. The lowest BCUT2D eigenvalue weighted by Crippen LogP contribution is -2.23. The second kappa shape index (κ2) is 9.88. The standard InChI is InChI=1S/C16H25N5O.C2HF3O2/c1-13(2)22-11-15-16-10-20(5-4-6-21(16)12-17-15)9-14-7-18-19(3)8-14;3-2(4,5)1(6)7/h7-8,12-13H,4-6,9-11H2,1-3H3;(H,6,7). The average Bonchev–Trinajstić information content (AvgIpc) is 3.13. The number of alkyl halides is 3. The molecule has 29 heavy (non-hydrogen) atoms. The van der Waals surface area contributed by atoms with Crippen LogP contribution in [0.25, 0.3) is 0 Å². The van der Waals surface area contributed by atoms with Gasteiger partial charge < -0.3 is 14.4 Å². The highest BCUT2D eigenvalue weighted by molar-refractivity contribution is 5.73. The minimum atomic E-state index is -5.08. The number of nitrogens with zero attached hydrogens (tertiary/aromatic N) is 5. The molecule has 1 aliphatic rings. The van der Waals surface area contributed by atoms with Crippen molar-refractivity contribution in [1.82, 2.24) is 24.2 Å². The number of rotatable bonds is 5. The number of carboxylic acid groups (broad SMARTS) is 1. The maximum atomic E-state index is 10.6. The van der Waals surface area contributed by atoms with E-state index in [9.17, 15) is 13.2 Å². The molecule has 3 heterocycles. The molecule has 11 heteroatoms. The number of hydrogen-bond acceptors (Lipinski definition) is 5. The first-order valence-corrected chi connectivity index (χ1v) is 9.20. The molecule has 0 bridgehead atoms. The van der Waals surface area contributed by atoms with E-state index in [0.29, 0.717) is 6.61 Å². The maximum absolute atomic E-state index is 10.6. The molecular weight excluding hydrogens is 391 g/mol. The van der Waals surface area contributed by atoms with Crippen molar-refractivity contribution in [3.05, 3.63) is 35.7 Å². The molecule has 0 amide bonds. The molecule has 1 N–H and O–H groups in total. The number of aromatic nitrogens is 4. The second-order valence-electron chi connectivity index (χ2n) is 7.08. The van der Waals surface area contributed by atoms with E-state index in [1.165, 1.54) is 11.3 Å². The van der Waals surface area contributed by atoms with Gasteiger partial charge in [-0.1, -0.05) is 0 Å². The van der Waals surface area contributed by atoms with Crippen LogP contribution in [0.1, 0.15) is 37.2 Å². The van der Waals surface area contributed by atoms with E-state index < -0.39 is 12.1 Å². The number of hydrogen-bond donors (Lipinski definition) is 1. The molecule has 0 atom stereocenters. The highest BCUT2D eigenvalue weighted by atomic mass is 19.4. The third-order valence-electron chi connectivity index (χ3n) is 4.24. The molecule has 0 aromatic carbocycles. The van der Waals surface area contributed by atoms with Crippen LogP contribution >= 0.6 is 0 Å². The summed E-state index contributed by atoms with van der Waals surface area (Å²) >= 11 is 0. The van der Waals surface area contributed by atoms with Gasteiger partial charge in [0.1, 0.15) is 0 Å². The monoisotopic (exact) mass is 417 g/mol. The molecule has 0 saturated carbocycles. The zero-order valence-electron chi connectivity index (χ0n) is 16.7. The summed E-state index contributed by atoms with van der Waals surface area (Å²) in [4.78, 5) is 15.9. The molecule has 1 aliphatic heterocycles. The van der Waals surface area contributed by atoms with Crippen molar-refractivity contribution in [3.63, 3.8) is 0 Å². The molecule has 3 rings (SSSR count). The molecule has 0 saturated heterocycles. The van der Waals surface area contributed by atoms with Gasteiger partial charge in [0.2, 0.25) is 0 Å². The van der Waals surface area contributed by atoms with E-state index >= 15 is 0 Å². The molecule has 2 aromatic heterocycles. The second-order valence-corrected chi connectivity index (χ2v) is 7.08. The van der Waals surface area contributed by atoms with Crippen molar-refractivity contribution in [1.29, 1.82) is 0 Å². The predicted molar refractivity (Wildman–Crippen MR) is 97.8 cm³/mol. The predicted octanol–water partition coefficient (Wildman–Crippen LogP) is 2.58. The number of halogens is 3. The molecule has 0 unspecified atom stereocenters. The molecule has 0 radical (unpaired) electrons. The Morgan fingerprint density at radius 1 is 1.34 bits per heavy atom. The van der Waals surface area contributed by atoms with Crippen molar-refractivity contribution in [2.75, 3.05) is 6.54 Å². The molecule has 0 aliphatic carbocycles.